The van der Waals surface area contributed by atoms with Crippen molar-refractivity contribution in [3.8, 4) is 6.19 Å². The molecular formula is C21H21ClN4O2+2. The summed E-state index contributed by atoms with van der Waals surface area (Å²) in [6.07, 6.45) is 2.66. The molecule has 28 heavy (non-hydrogen) atoms. The molecule has 1 atom stereocenters. The zero-order chi connectivity index (χ0) is 19.7. The molecule has 2 amide bonds. The van der Waals surface area contributed by atoms with Gasteiger partial charge in [-0.1, -0.05) is 29.8 Å². The lowest BCUT2D eigenvalue weighted by Gasteiger charge is -2.37. The van der Waals surface area contributed by atoms with Gasteiger partial charge in [-0.25, -0.2) is 4.90 Å². The summed E-state index contributed by atoms with van der Waals surface area (Å²) in [5, 5.41) is 10.4. The number of amides is 2. The third kappa shape index (κ3) is 3.18. The van der Waals surface area contributed by atoms with Crippen LogP contribution < -0.4 is 14.3 Å². The molecule has 2 aliphatic heterocycles. The van der Waals surface area contributed by atoms with Gasteiger partial charge < -0.3 is 4.90 Å². The zero-order valence-electron chi connectivity index (χ0n) is 15.3. The lowest BCUT2D eigenvalue weighted by Crippen LogP contribution is -3.19. The van der Waals surface area contributed by atoms with Crippen molar-refractivity contribution in [2.24, 2.45) is 0 Å². The Hall–Kier alpha value is -2.72. The number of carbonyl (C=O) groups excluding carboxylic acids is 2. The third-order valence-electron chi connectivity index (χ3n) is 5.80. The van der Waals surface area contributed by atoms with Crippen LogP contribution in [0.2, 0.25) is 5.02 Å². The number of imide groups is 1. The van der Waals surface area contributed by atoms with E-state index in [0.717, 1.165) is 10.6 Å². The van der Waals surface area contributed by atoms with Gasteiger partial charge >= 0.3 is 6.19 Å². The van der Waals surface area contributed by atoms with E-state index in [1.165, 1.54) is 4.90 Å². The minimum Gasteiger partial charge on any atom is -0.315 e. The molecule has 0 aromatic heterocycles. The van der Waals surface area contributed by atoms with Gasteiger partial charge in [-0.2, -0.15) is 4.48 Å². The second kappa shape index (κ2) is 7.36. The van der Waals surface area contributed by atoms with Gasteiger partial charge in [0.15, 0.2) is 6.04 Å². The molecule has 0 saturated carbocycles. The Morgan fingerprint density at radius 2 is 1.68 bits per heavy atom. The molecule has 1 N–H and O–H groups in total. The van der Waals surface area contributed by atoms with E-state index in [9.17, 15) is 14.9 Å². The van der Waals surface area contributed by atoms with Crippen molar-refractivity contribution < 1.29 is 14.5 Å². The predicted molar refractivity (Wildman–Crippen MR) is 107 cm³/mol. The average molecular weight is 397 g/mol. The van der Waals surface area contributed by atoms with E-state index in [0.29, 0.717) is 36.9 Å². The molecule has 7 heteroatoms. The first-order valence-electron chi connectivity index (χ1n) is 9.35. The van der Waals surface area contributed by atoms with Gasteiger partial charge in [-0.15, -0.1) is 5.26 Å². The summed E-state index contributed by atoms with van der Waals surface area (Å²) in [7, 11) is 0. The molecule has 142 valence electrons. The number of carbonyl (C=O) groups is 2. The van der Waals surface area contributed by atoms with Crippen molar-refractivity contribution in [3.63, 3.8) is 0 Å². The number of hydrogen-bond acceptors (Lipinski definition) is 3. The highest BCUT2D eigenvalue weighted by Gasteiger charge is 2.49. The highest BCUT2D eigenvalue weighted by atomic mass is 35.5. The highest BCUT2D eigenvalue weighted by Crippen LogP contribution is 2.25. The second-order valence-electron chi connectivity index (χ2n) is 7.31. The first kappa shape index (κ1) is 18.6. The van der Waals surface area contributed by atoms with Crippen LogP contribution in [0.4, 0.5) is 11.4 Å². The van der Waals surface area contributed by atoms with Crippen molar-refractivity contribution >= 4 is 34.8 Å². The number of rotatable bonds is 3. The quantitative estimate of drug-likeness (QED) is 0.484. The number of hydrogen-bond donors (Lipinski definition) is 1. The SMILES string of the molecule is N#C[N+]1(c2ccccc2)CC[NH+]([C@@H]2CC(=O)N(c3ccc(Cl)cc3)C2=O)CC1. The van der Waals surface area contributed by atoms with Gasteiger partial charge in [-0.05, 0) is 24.3 Å². The lowest BCUT2D eigenvalue weighted by atomic mass is 10.1. The summed E-state index contributed by atoms with van der Waals surface area (Å²) in [5.41, 5.74) is 1.53. The Bertz CT molecular complexity index is 931. The topological polar surface area (TPSA) is 65.6 Å². The van der Waals surface area contributed by atoms with Gasteiger partial charge in [0.05, 0.1) is 12.1 Å². The van der Waals surface area contributed by atoms with E-state index in [4.69, 9.17) is 11.6 Å². The van der Waals surface area contributed by atoms with Gasteiger partial charge in [0.1, 0.15) is 31.9 Å². The molecule has 0 aliphatic carbocycles. The lowest BCUT2D eigenvalue weighted by molar-refractivity contribution is -0.918. The number of nitriles is 1. The molecular weight excluding hydrogens is 376 g/mol. The van der Waals surface area contributed by atoms with Crippen molar-refractivity contribution in [1.82, 2.24) is 4.48 Å². The molecule has 2 heterocycles. The molecule has 0 radical (unpaired) electrons. The largest absolute Gasteiger partial charge is 0.315 e. The third-order valence-corrected chi connectivity index (χ3v) is 6.05. The fourth-order valence-electron chi connectivity index (χ4n) is 4.20. The first-order valence-corrected chi connectivity index (χ1v) is 9.73. The maximum atomic E-state index is 13.0. The number of halogens is 1. The van der Waals surface area contributed by atoms with E-state index >= 15 is 0 Å². The first-order chi connectivity index (χ1) is 13.5. The van der Waals surface area contributed by atoms with Crippen LogP contribution >= 0.6 is 11.6 Å². The Balaban J connectivity index is 1.49. The fourth-order valence-corrected chi connectivity index (χ4v) is 4.32. The maximum absolute atomic E-state index is 13.0. The summed E-state index contributed by atoms with van der Waals surface area (Å²) in [6.45, 7) is 2.57. The van der Waals surface area contributed by atoms with Crippen LogP contribution in [0.15, 0.2) is 54.6 Å². The number of anilines is 1. The molecule has 0 bridgehead atoms. The van der Waals surface area contributed by atoms with E-state index in [2.05, 4.69) is 6.19 Å². The fraction of sp³-hybridized carbons (Fsp3) is 0.286. The van der Waals surface area contributed by atoms with E-state index in [1.807, 2.05) is 30.3 Å². The summed E-state index contributed by atoms with van der Waals surface area (Å²) >= 11 is 5.91. The number of quaternary nitrogens is 2. The molecule has 2 aromatic carbocycles. The smallest absolute Gasteiger partial charge is 0.314 e. The molecule has 2 saturated heterocycles. The van der Waals surface area contributed by atoms with Crippen molar-refractivity contribution in [1.29, 1.82) is 5.26 Å². The summed E-state index contributed by atoms with van der Waals surface area (Å²) in [4.78, 5) is 27.9. The van der Waals surface area contributed by atoms with Crippen LogP contribution in [-0.4, -0.2) is 44.0 Å². The second-order valence-corrected chi connectivity index (χ2v) is 7.75. The van der Waals surface area contributed by atoms with Gasteiger partial charge in [-0.3, -0.25) is 9.59 Å². The summed E-state index contributed by atoms with van der Waals surface area (Å²) < 4.78 is 0.250. The predicted octanol–water partition coefficient (Wildman–Crippen LogP) is 1.36. The molecule has 4 rings (SSSR count). The summed E-state index contributed by atoms with van der Waals surface area (Å²) in [5.74, 6) is -0.349. The van der Waals surface area contributed by atoms with Crippen LogP contribution in [0.25, 0.3) is 0 Å². The van der Waals surface area contributed by atoms with E-state index in [-0.39, 0.29) is 28.8 Å². The summed E-state index contributed by atoms with van der Waals surface area (Å²) in [6, 6.07) is 16.1. The molecule has 0 spiro atoms. The van der Waals surface area contributed by atoms with Crippen molar-refractivity contribution in [3.05, 3.63) is 59.6 Å². The molecule has 2 fully saturated rings. The molecule has 2 aliphatic rings. The monoisotopic (exact) mass is 396 g/mol. The maximum Gasteiger partial charge on any atom is 0.314 e. The van der Waals surface area contributed by atoms with E-state index < -0.39 is 0 Å². The van der Waals surface area contributed by atoms with Crippen LogP contribution in [0.5, 0.6) is 0 Å². The Kier molecular flexibility index (Phi) is 4.90. The Morgan fingerprint density at radius 1 is 1.04 bits per heavy atom. The number of piperazine rings is 1. The number of nitrogens with zero attached hydrogens (tertiary/aromatic N) is 3. The minimum absolute atomic E-state index is 0.168. The number of benzene rings is 2. The number of para-hydroxylation sites is 1. The van der Waals surface area contributed by atoms with Crippen molar-refractivity contribution in [2.75, 3.05) is 31.1 Å². The van der Waals surface area contributed by atoms with Crippen LogP contribution in [0.1, 0.15) is 6.42 Å². The van der Waals surface area contributed by atoms with Gasteiger partial charge in [0.25, 0.3) is 5.91 Å². The molecule has 6 nitrogen and oxygen atoms in total. The average Bonchev–Trinajstić information content (AvgIpc) is 3.03. The zero-order valence-corrected chi connectivity index (χ0v) is 16.1. The van der Waals surface area contributed by atoms with Crippen LogP contribution in [0.3, 0.4) is 0 Å². The molecule has 2 aromatic rings. The van der Waals surface area contributed by atoms with Gasteiger partial charge in [0, 0.05) is 17.2 Å². The van der Waals surface area contributed by atoms with Gasteiger partial charge in [0.2, 0.25) is 5.91 Å². The normalized spacial score (nSPS) is 27.6. The van der Waals surface area contributed by atoms with Crippen molar-refractivity contribution in [2.45, 2.75) is 12.5 Å². The van der Waals surface area contributed by atoms with E-state index in [1.54, 1.807) is 24.3 Å². The standard InChI is InChI=1S/C21H20ClN4O2/c22-16-6-8-17(9-7-16)25-20(27)14-19(21(25)28)24-10-12-26(15-23,13-11-24)18-4-2-1-3-5-18/h1-9,19H,10-14H2/q+1/p+1/t19-/m1/s1. The minimum atomic E-state index is -0.389. The Morgan fingerprint density at radius 3 is 2.29 bits per heavy atom. The molecule has 0 unspecified atom stereocenters. The van der Waals surface area contributed by atoms with Crippen LogP contribution in [0, 0.1) is 11.5 Å². The van der Waals surface area contributed by atoms with Crippen LogP contribution in [-0.2, 0) is 9.59 Å². The highest BCUT2D eigenvalue weighted by molar-refractivity contribution is 6.30. The Labute approximate surface area is 168 Å². The number of nitrogens with one attached hydrogen (secondary N) is 1.